The highest BCUT2D eigenvalue weighted by Crippen LogP contribution is 1.95. The summed E-state index contributed by atoms with van der Waals surface area (Å²) in [6, 6.07) is 0. The molecule has 0 saturated heterocycles. The molecule has 0 fully saturated rings. The van der Waals surface area contributed by atoms with Crippen molar-refractivity contribution in [2.24, 2.45) is 0 Å². The minimum absolute atomic E-state index is 0.0675. The molecular formula is C11H19NO2. The molecule has 3 heteroatoms. The van der Waals surface area contributed by atoms with Gasteiger partial charge in [0.05, 0.1) is 13.2 Å². The monoisotopic (exact) mass is 197 g/mol. The number of ketones is 1. The van der Waals surface area contributed by atoms with Crippen LogP contribution in [0.2, 0.25) is 0 Å². The lowest BCUT2D eigenvalue weighted by molar-refractivity contribution is -0.116. The van der Waals surface area contributed by atoms with Crippen LogP contribution in [0.5, 0.6) is 0 Å². The number of allylic oxidation sites excluding steroid dienone is 2. The maximum atomic E-state index is 11.1. The fourth-order valence-corrected chi connectivity index (χ4v) is 0.817. The summed E-state index contributed by atoms with van der Waals surface area (Å²) in [7, 11) is 0. The molecule has 0 atom stereocenters. The highest BCUT2D eigenvalue weighted by atomic mass is 16.5. The average molecular weight is 197 g/mol. The molecule has 1 N–H and O–H groups in total. The third kappa shape index (κ3) is 7.55. The smallest absolute Gasteiger partial charge is 0.160 e. The van der Waals surface area contributed by atoms with Gasteiger partial charge in [-0.05, 0) is 19.4 Å². The van der Waals surface area contributed by atoms with E-state index in [0.717, 1.165) is 12.2 Å². The summed E-state index contributed by atoms with van der Waals surface area (Å²) in [6.45, 7) is 12.7. The van der Waals surface area contributed by atoms with Crippen LogP contribution in [-0.4, -0.2) is 25.5 Å². The van der Waals surface area contributed by atoms with Gasteiger partial charge in [0, 0.05) is 18.7 Å². The van der Waals surface area contributed by atoms with Crippen LogP contribution in [0.25, 0.3) is 0 Å². The van der Waals surface area contributed by atoms with Gasteiger partial charge in [-0.15, -0.1) is 0 Å². The fourth-order valence-electron chi connectivity index (χ4n) is 0.817. The van der Waals surface area contributed by atoms with Crippen molar-refractivity contribution in [1.29, 1.82) is 0 Å². The summed E-state index contributed by atoms with van der Waals surface area (Å²) in [6.07, 6.45) is 0.419. The molecule has 3 nitrogen and oxygen atoms in total. The van der Waals surface area contributed by atoms with E-state index < -0.39 is 0 Å². The van der Waals surface area contributed by atoms with Crippen LogP contribution in [-0.2, 0) is 9.53 Å². The SMILES string of the molecule is C=C(C)NCCOCCC(=O)C(=C)C. The van der Waals surface area contributed by atoms with Crippen molar-refractivity contribution in [2.75, 3.05) is 19.8 Å². The highest BCUT2D eigenvalue weighted by molar-refractivity contribution is 5.94. The second-order valence-corrected chi connectivity index (χ2v) is 3.27. The zero-order valence-electron chi connectivity index (χ0n) is 9.06. The van der Waals surface area contributed by atoms with Gasteiger partial charge in [0.2, 0.25) is 0 Å². The first kappa shape index (κ1) is 12.9. The van der Waals surface area contributed by atoms with Gasteiger partial charge in [0.15, 0.2) is 5.78 Å². The van der Waals surface area contributed by atoms with Gasteiger partial charge in [0.1, 0.15) is 0 Å². The molecule has 80 valence electrons. The molecule has 0 bridgehead atoms. The van der Waals surface area contributed by atoms with Gasteiger partial charge in [-0.3, -0.25) is 4.79 Å². The normalized spacial score (nSPS) is 9.57. The van der Waals surface area contributed by atoms with Crippen LogP contribution in [0.4, 0.5) is 0 Å². The van der Waals surface area contributed by atoms with Gasteiger partial charge in [0.25, 0.3) is 0 Å². The number of carbonyl (C=O) groups excluding carboxylic acids is 1. The van der Waals surface area contributed by atoms with Gasteiger partial charge < -0.3 is 10.1 Å². The van der Waals surface area contributed by atoms with E-state index in [-0.39, 0.29) is 5.78 Å². The van der Waals surface area contributed by atoms with E-state index in [9.17, 15) is 4.79 Å². The molecule has 0 aromatic carbocycles. The van der Waals surface area contributed by atoms with Crippen LogP contribution in [0.15, 0.2) is 24.4 Å². The fraction of sp³-hybridized carbons (Fsp3) is 0.545. The van der Waals surface area contributed by atoms with Crippen molar-refractivity contribution in [3.8, 4) is 0 Å². The maximum absolute atomic E-state index is 11.1. The number of carbonyl (C=O) groups is 1. The molecular weight excluding hydrogens is 178 g/mol. The van der Waals surface area contributed by atoms with Crippen molar-refractivity contribution in [1.82, 2.24) is 5.32 Å². The van der Waals surface area contributed by atoms with Gasteiger partial charge in [-0.25, -0.2) is 0 Å². The first-order chi connectivity index (χ1) is 6.54. The summed E-state index contributed by atoms with van der Waals surface area (Å²) >= 11 is 0. The minimum Gasteiger partial charge on any atom is -0.387 e. The third-order valence-corrected chi connectivity index (χ3v) is 1.62. The Morgan fingerprint density at radius 2 is 1.93 bits per heavy atom. The maximum Gasteiger partial charge on any atom is 0.160 e. The lowest BCUT2D eigenvalue weighted by Crippen LogP contribution is -2.18. The topological polar surface area (TPSA) is 38.3 Å². The quantitative estimate of drug-likeness (QED) is 0.475. The van der Waals surface area contributed by atoms with Crippen LogP contribution in [0.1, 0.15) is 20.3 Å². The van der Waals surface area contributed by atoms with Crippen LogP contribution in [0, 0.1) is 0 Å². The summed E-state index contributed by atoms with van der Waals surface area (Å²) in [4.78, 5) is 11.1. The van der Waals surface area contributed by atoms with Crippen molar-refractivity contribution in [3.63, 3.8) is 0 Å². The molecule has 0 saturated carbocycles. The Kier molecular flexibility index (Phi) is 6.76. The third-order valence-electron chi connectivity index (χ3n) is 1.62. The Morgan fingerprint density at radius 3 is 2.43 bits per heavy atom. The number of rotatable bonds is 8. The summed E-state index contributed by atoms with van der Waals surface area (Å²) in [5.74, 6) is 0.0675. The Hall–Kier alpha value is -1.09. The molecule has 0 aliphatic rings. The van der Waals surface area contributed by atoms with Gasteiger partial charge >= 0.3 is 0 Å². The summed E-state index contributed by atoms with van der Waals surface area (Å²) in [5.41, 5.74) is 1.51. The number of hydrogen-bond donors (Lipinski definition) is 1. The zero-order valence-corrected chi connectivity index (χ0v) is 9.06. The van der Waals surface area contributed by atoms with Crippen LogP contribution >= 0.6 is 0 Å². The minimum atomic E-state index is 0.0675. The van der Waals surface area contributed by atoms with Gasteiger partial charge in [-0.2, -0.15) is 0 Å². The number of nitrogens with one attached hydrogen (secondary N) is 1. The first-order valence-corrected chi connectivity index (χ1v) is 4.70. The van der Waals surface area contributed by atoms with Gasteiger partial charge in [-0.1, -0.05) is 13.2 Å². The molecule has 14 heavy (non-hydrogen) atoms. The molecule has 0 aromatic heterocycles. The summed E-state index contributed by atoms with van der Waals surface area (Å²) < 4.78 is 5.24. The molecule has 0 spiro atoms. The van der Waals surface area contributed by atoms with E-state index in [4.69, 9.17) is 4.74 Å². The number of hydrogen-bond acceptors (Lipinski definition) is 3. The molecule has 0 aromatic rings. The van der Waals surface area contributed by atoms with E-state index >= 15 is 0 Å². The largest absolute Gasteiger partial charge is 0.387 e. The van der Waals surface area contributed by atoms with E-state index in [2.05, 4.69) is 18.5 Å². The average Bonchev–Trinajstić information content (AvgIpc) is 2.09. The van der Waals surface area contributed by atoms with Crippen LogP contribution in [0.3, 0.4) is 0 Å². The highest BCUT2D eigenvalue weighted by Gasteiger charge is 2.00. The predicted molar refractivity (Wildman–Crippen MR) is 58.1 cm³/mol. The molecule has 0 amide bonds. The van der Waals surface area contributed by atoms with E-state index in [1.54, 1.807) is 6.92 Å². The molecule has 0 rings (SSSR count). The van der Waals surface area contributed by atoms with E-state index in [1.807, 2.05) is 6.92 Å². The Bertz CT molecular complexity index is 221. The zero-order chi connectivity index (χ0) is 11.0. The Balaban J connectivity index is 3.26. The van der Waals surface area contributed by atoms with E-state index in [0.29, 0.717) is 25.2 Å². The first-order valence-electron chi connectivity index (χ1n) is 4.70. The molecule has 0 unspecified atom stereocenters. The van der Waals surface area contributed by atoms with Crippen molar-refractivity contribution in [3.05, 3.63) is 24.4 Å². The summed E-state index contributed by atoms with van der Waals surface area (Å²) in [5, 5.41) is 3.03. The van der Waals surface area contributed by atoms with E-state index in [1.165, 1.54) is 0 Å². The second kappa shape index (κ2) is 7.33. The number of ether oxygens (including phenoxy) is 1. The molecule has 0 aliphatic carbocycles. The van der Waals surface area contributed by atoms with Crippen molar-refractivity contribution in [2.45, 2.75) is 20.3 Å². The lowest BCUT2D eigenvalue weighted by Gasteiger charge is -2.05. The van der Waals surface area contributed by atoms with Crippen LogP contribution < -0.4 is 5.32 Å². The standard InChI is InChI=1S/C11H19NO2/c1-9(2)11(13)5-7-14-8-6-12-10(3)4/h12H,1,3,5-8H2,2,4H3. The lowest BCUT2D eigenvalue weighted by atomic mass is 10.2. The number of Topliss-reactive ketones (excluding diaryl/α,β-unsaturated/α-hetero) is 1. The predicted octanol–water partition coefficient (Wildman–Crippen LogP) is 1.66. The van der Waals surface area contributed by atoms with Crippen molar-refractivity contribution >= 4 is 5.78 Å². The molecule has 0 radical (unpaired) electrons. The van der Waals surface area contributed by atoms with Crippen molar-refractivity contribution < 1.29 is 9.53 Å². The Labute approximate surface area is 85.8 Å². The molecule has 0 heterocycles. The Morgan fingerprint density at radius 1 is 1.29 bits per heavy atom. The molecule has 0 aliphatic heterocycles. The second-order valence-electron chi connectivity index (χ2n) is 3.27.